The maximum Gasteiger partial charge on any atom is 0.138 e. The summed E-state index contributed by atoms with van der Waals surface area (Å²) >= 11 is 0. The van der Waals surface area contributed by atoms with Crippen LogP contribution in [0.3, 0.4) is 0 Å². The van der Waals surface area contributed by atoms with E-state index in [9.17, 15) is 0 Å². The van der Waals surface area contributed by atoms with Crippen LogP contribution in [0.2, 0.25) is 0 Å². The number of amidine groups is 1. The second kappa shape index (κ2) is 11.3. The Kier molecular flexibility index (Phi) is 7.69. The summed E-state index contributed by atoms with van der Waals surface area (Å²) in [7, 11) is 0. The van der Waals surface area contributed by atoms with Crippen molar-refractivity contribution < 1.29 is 0 Å². The van der Waals surface area contributed by atoms with Crippen LogP contribution in [-0.4, -0.2) is 29.1 Å². The molecule has 0 amide bonds. The maximum absolute atomic E-state index is 5.30. The van der Waals surface area contributed by atoms with E-state index in [-0.39, 0.29) is 6.04 Å². The molecule has 0 aliphatic carbocycles. The smallest absolute Gasteiger partial charge is 0.138 e. The van der Waals surface area contributed by atoms with Crippen molar-refractivity contribution in [3.63, 3.8) is 0 Å². The second-order valence-electron chi connectivity index (χ2n) is 10.3. The lowest BCUT2D eigenvalue weighted by molar-refractivity contribution is 0.465. The SMILES string of the molecule is CCc1cccc(CC)c1/N=C(\C)c1ccc2cccc(C3=NC([C@@H](C)CC)CN3c3ccccc3)c2n1. The zero-order valence-electron chi connectivity index (χ0n) is 23.3. The summed E-state index contributed by atoms with van der Waals surface area (Å²) in [5.74, 6) is 1.52. The molecule has 1 aliphatic heterocycles. The number of pyridine rings is 1. The Balaban J connectivity index is 1.62. The minimum atomic E-state index is 0.259. The molecule has 0 bridgehead atoms. The number of para-hydroxylation sites is 3. The fraction of sp³-hybridized carbons (Fsp3) is 0.324. The van der Waals surface area contributed by atoms with Crippen LogP contribution in [0.5, 0.6) is 0 Å². The minimum Gasteiger partial charge on any atom is -0.324 e. The van der Waals surface area contributed by atoms with Gasteiger partial charge in [0.25, 0.3) is 0 Å². The topological polar surface area (TPSA) is 40.9 Å². The highest BCUT2D eigenvalue weighted by atomic mass is 15.3. The molecule has 5 rings (SSSR count). The third kappa shape index (κ3) is 5.00. The van der Waals surface area contributed by atoms with Gasteiger partial charge in [-0.2, -0.15) is 0 Å². The molecule has 4 heteroatoms. The van der Waals surface area contributed by atoms with Gasteiger partial charge in [0, 0.05) is 23.2 Å². The quantitative estimate of drug-likeness (QED) is 0.228. The number of aromatic nitrogens is 1. The lowest BCUT2D eigenvalue weighted by Crippen LogP contribution is -2.31. The van der Waals surface area contributed by atoms with E-state index in [0.29, 0.717) is 5.92 Å². The largest absolute Gasteiger partial charge is 0.324 e. The molecule has 0 radical (unpaired) electrons. The molecule has 194 valence electrons. The predicted molar refractivity (Wildman–Crippen MR) is 162 cm³/mol. The molecule has 2 heterocycles. The number of benzene rings is 3. The zero-order valence-corrected chi connectivity index (χ0v) is 23.3. The molecule has 2 atom stereocenters. The molecule has 0 saturated carbocycles. The van der Waals surface area contributed by atoms with Crippen molar-refractivity contribution in [1.29, 1.82) is 0 Å². The van der Waals surface area contributed by atoms with Crippen LogP contribution >= 0.6 is 0 Å². The molecule has 0 saturated heterocycles. The summed E-state index contributed by atoms with van der Waals surface area (Å²) < 4.78 is 0. The highest BCUT2D eigenvalue weighted by Crippen LogP contribution is 2.31. The number of anilines is 1. The zero-order chi connectivity index (χ0) is 26.6. The summed E-state index contributed by atoms with van der Waals surface area (Å²) in [6, 6.07) is 28.1. The molecule has 0 N–H and O–H groups in total. The molecule has 1 aromatic heterocycles. The Hall–Kier alpha value is -3.79. The monoisotopic (exact) mass is 502 g/mol. The van der Waals surface area contributed by atoms with Gasteiger partial charge in [0.15, 0.2) is 0 Å². The maximum atomic E-state index is 5.30. The van der Waals surface area contributed by atoms with Crippen LogP contribution in [0.15, 0.2) is 88.8 Å². The van der Waals surface area contributed by atoms with Gasteiger partial charge >= 0.3 is 0 Å². The van der Waals surface area contributed by atoms with Gasteiger partial charge in [-0.1, -0.05) is 88.7 Å². The fourth-order valence-electron chi connectivity index (χ4n) is 5.28. The van der Waals surface area contributed by atoms with E-state index in [1.54, 1.807) is 0 Å². The predicted octanol–water partition coefficient (Wildman–Crippen LogP) is 8.18. The lowest BCUT2D eigenvalue weighted by Gasteiger charge is -2.23. The van der Waals surface area contributed by atoms with E-state index < -0.39 is 0 Å². The van der Waals surface area contributed by atoms with Gasteiger partial charge < -0.3 is 4.90 Å². The summed E-state index contributed by atoms with van der Waals surface area (Å²) in [5, 5.41) is 1.12. The summed E-state index contributed by atoms with van der Waals surface area (Å²) in [4.78, 5) is 18.0. The van der Waals surface area contributed by atoms with E-state index in [4.69, 9.17) is 15.0 Å². The molecule has 4 aromatic rings. The van der Waals surface area contributed by atoms with Gasteiger partial charge in [0.2, 0.25) is 0 Å². The number of aliphatic imine (C=N–C) groups is 2. The normalized spacial score (nSPS) is 16.7. The van der Waals surface area contributed by atoms with Crippen molar-refractivity contribution in [1.82, 2.24) is 4.98 Å². The number of aryl methyl sites for hydroxylation is 2. The first-order valence-corrected chi connectivity index (χ1v) is 14.0. The Morgan fingerprint density at radius 2 is 1.61 bits per heavy atom. The van der Waals surface area contributed by atoms with E-state index in [1.807, 2.05) is 0 Å². The number of hydrogen-bond donors (Lipinski definition) is 0. The Morgan fingerprint density at radius 3 is 2.29 bits per heavy atom. The highest BCUT2D eigenvalue weighted by molar-refractivity contribution is 6.17. The summed E-state index contributed by atoms with van der Waals surface area (Å²) in [6.07, 6.45) is 3.03. The van der Waals surface area contributed by atoms with E-state index in [1.165, 1.54) is 16.8 Å². The van der Waals surface area contributed by atoms with Crippen molar-refractivity contribution in [3.05, 3.63) is 101 Å². The van der Waals surface area contributed by atoms with Gasteiger partial charge in [-0.3, -0.25) is 9.98 Å². The van der Waals surface area contributed by atoms with Crippen molar-refractivity contribution in [2.45, 2.75) is 59.9 Å². The van der Waals surface area contributed by atoms with Crippen LogP contribution in [-0.2, 0) is 12.8 Å². The average molecular weight is 503 g/mol. The Labute approximate surface area is 227 Å². The molecule has 0 spiro atoms. The minimum absolute atomic E-state index is 0.259. The van der Waals surface area contributed by atoms with Crippen molar-refractivity contribution in [3.8, 4) is 0 Å². The molecule has 1 unspecified atom stereocenters. The van der Waals surface area contributed by atoms with E-state index in [2.05, 4.69) is 118 Å². The third-order valence-electron chi connectivity index (χ3n) is 7.86. The third-order valence-corrected chi connectivity index (χ3v) is 7.86. The summed E-state index contributed by atoms with van der Waals surface area (Å²) in [5.41, 5.74) is 8.71. The first-order chi connectivity index (χ1) is 18.5. The van der Waals surface area contributed by atoms with Gasteiger partial charge in [0.05, 0.1) is 28.7 Å². The van der Waals surface area contributed by atoms with Crippen molar-refractivity contribution in [2.75, 3.05) is 11.4 Å². The molecule has 4 nitrogen and oxygen atoms in total. The van der Waals surface area contributed by atoms with Crippen LogP contribution in [0.1, 0.15) is 63.4 Å². The lowest BCUT2D eigenvalue weighted by atomic mass is 10.0. The van der Waals surface area contributed by atoms with Crippen LogP contribution in [0.4, 0.5) is 11.4 Å². The molecule has 1 aliphatic rings. The summed E-state index contributed by atoms with van der Waals surface area (Å²) in [6.45, 7) is 11.9. The Bertz CT molecular complexity index is 1460. The first-order valence-electron chi connectivity index (χ1n) is 14.0. The van der Waals surface area contributed by atoms with Crippen LogP contribution in [0, 0.1) is 5.92 Å². The second-order valence-corrected chi connectivity index (χ2v) is 10.3. The molecular weight excluding hydrogens is 464 g/mol. The van der Waals surface area contributed by atoms with Gasteiger partial charge in [-0.15, -0.1) is 0 Å². The number of rotatable bonds is 8. The van der Waals surface area contributed by atoms with Crippen molar-refractivity contribution in [2.24, 2.45) is 15.9 Å². The van der Waals surface area contributed by atoms with Crippen LogP contribution in [0.25, 0.3) is 10.9 Å². The Morgan fingerprint density at radius 1 is 0.895 bits per heavy atom. The van der Waals surface area contributed by atoms with E-state index in [0.717, 1.165) is 65.2 Å². The first kappa shape index (κ1) is 25.8. The average Bonchev–Trinajstić information content (AvgIpc) is 3.42. The molecular formula is C34H38N4. The van der Waals surface area contributed by atoms with Gasteiger partial charge in [0.1, 0.15) is 5.84 Å². The molecule has 3 aromatic carbocycles. The number of nitrogens with zero attached hydrogens (tertiary/aromatic N) is 4. The van der Waals surface area contributed by atoms with Crippen molar-refractivity contribution >= 4 is 33.8 Å². The van der Waals surface area contributed by atoms with Gasteiger partial charge in [-0.05, 0) is 61.1 Å². The van der Waals surface area contributed by atoms with E-state index >= 15 is 0 Å². The molecule has 38 heavy (non-hydrogen) atoms. The number of fused-ring (bicyclic) bond motifs is 1. The van der Waals surface area contributed by atoms with Gasteiger partial charge in [-0.25, -0.2) is 4.98 Å². The molecule has 0 fully saturated rings. The van der Waals surface area contributed by atoms with Crippen LogP contribution < -0.4 is 4.90 Å². The standard InChI is InChI=1S/C34H38N4/c1-6-23(4)31-22-38(28-17-10-9-11-18-28)34(37-31)29-19-13-16-27-20-21-30(36-33(27)29)24(5)35-32-25(7-2)14-12-15-26(32)8-3/h9-21,23,31H,6-8,22H2,1-5H3/b35-24+/t23-,31?/m0/s1. The number of hydrogen-bond acceptors (Lipinski definition) is 4. The highest BCUT2D eigenvalue weighted by Gasteiger charge is 2.31. The fourth-order valence-corrected chi connectivity index (χ4v) is 5.28.